The van der Waals surface area contributed by atoms with Crippen LogP contribution in [-0.2, 0) is 30.3 Å². The van der Waals surface area contributed by atoms with Gasteiger partial charge in [-0.15, -0.1) is 11.3 Å². The van der Waals surface area contributed by atoms with Gasteiger partial charge in [-0.3, -0.25) is 29.1 Å². The standard InChI is InChI=1S/C61H71ClFN11O7S/c1-8-42-28-41-12-10-11-13-45(41)53(67-42)51-47(62)30-46-54(52(51)63)69-60(70-57(46)72-24-25-73(50(77)9-2)43(31-72)18-21-64)81-27-26-71-22-19-38(20-23-71)33-80-34-49(76)68-56(61(5,6)7)59(79)74-32-44(75)29-48(74)58(78)66-36(3)39-14-16-40(17-15-39)55-37(4)65-35-82-55/h9-17,28,30,35-36,38,43-44,48,56,75H,2,8,18-20,22-27,29,31-34H2,1,3-7H3,(H,66,78)(H,68,76)/t36-,43-,44+,48-,56+/m0/s1. The SMILES string of the molecule is C=CC(=O)N1CCN(c2nc(OCCN3CCC(COCC(=O)N[C@H](C(=O)N4C[C@H](O)C[C@H]4C(=O)N[C@@H](C)c4ccc(-c5scnc5C)cc4)C(C)(C)C)CC3)nc3c(F)c(-c4nc(CC)cc5ccccc45)c(Cl)cc23)C[C@@H]1CC#N. The first-order valence-corrected chi connectivity index (χ1v) is 29.3. The number of aliphatic hydroxyl groups is 1. The van der Waals surface area contributed by atoms with Gasteiger partial charge >= 0.3 is 6.01 Å². The van der Waals surface area contributed by atoms with Crippen molar-refractivity contribution in [3.8, 4) is 33.8 Å². The Labute approximate surface area is 486 Å². The summed E-state index contributed by atoms with van der Waals surface area (Å²) in [5, 5.41) is 28.5. The number of nitrogens with one attached hydrogen (secondary N) is 2. The summed E-state index contributed by atoms with van der Waals surface area (Å²) in [5.74, 6) is -1.72. The van der Waals surface area contributed by atoms with E-state index in [9.17, 15) is 29.5 Å². The first-order valence-electron chi connectivity index (χ1n) is 28.0. The molecular formula is C61H71ClFN11O7S. The molecule has 6 aromatic rings. The van der Waals surface area contributed by atoms with Crippen LogP contribution in [0.3, 0.4) is 0 Å². The molecule has 3 aliphatic rings. The fourth-order valence-electron chi connectivity index (χ4n) is 11.2. The highest BCUT2D eigenvalue weighted by Crippen LogP contribution is 2.41. The number of amides is 4. The van der Waals surface area contributed by atoms with Crippen molar-refractivity contribution in [2.75, 3.05) is 70.5 Å². The number of fused-ring (bicyclic) bond motifs is 2. The molecule has 5 atom stereocenters. The third kappa shape index (κ3) is 13.3. The topological polar surface area (TPSA) is 219 Å². The van der Waals surface area contributed by atoms with Gasteiger partial charge < -0.3 is 39.9 Å². The van der Waals surface area contributed by atoms with Gasteiger partial charge in [0.05, 0.1) is 69.6 Å². The number of nitrogens with zero attached hydrogens (tertiary/aromatic N) is 9. The molecule has 0 aliphatic carbocycles. The summed E-state index contributed by atoms with van der Waals surface area (Å²) >= 11 is 8.60. The Morgan fingerprint density at radius 2 is 1.76 bits per heavy atom. The molecule has 3 aromatic heterocycles. The van der Waals surface area contributed by atoms with Gasteiger partial charge in [0.15, 0.2) is 5.82 Å². The molecule has 4 amide bonds. The van der Waals surface area contributed by atoms with Crippen molar-refractivity contribution in [2.24, 2.45) is 11.3 Å². The maximum atomic E-state index is 17.4. The van der Waals surface area contributed by atoms with Gasteiger partial charge in [-0.1, -0.05) is 94.4 Å². The highest BCUT2D eigenvalue weighted by Gasteiger charge is 2.45. The lowest BCUT2D eigenvalue weighted by molar-refractivity contribution is -0.144. The normalized spacial score (nSPS) is 18.8. The molecule has 0 radical (unpaired) electrons. The second-order valence-corrected chi connectivity index (χ2v) is 23.8. The average molecular weight is 1160 g/mol. The lowest BCUT2D eigenvalue weighted by Crippen LogP contribution is -2.58. The zero-order valence-corrected chi connectivity index (χ0v) is 48.9. The maximum Gasteiger partial charge on any atom is 0.319 e. The van der Waals surface area contributed by atoms with Crippen molar-refractivity contribution in [3.05, 3.63) is 107 Å². The fraction of sp³-hybridized carbons (Fsp3) is 0.459. The fourth-order valence-corrected chi connectivity index (χ4v) is 12.3. The second-order valence-electron chi connectivity index (χ2n) is 22.5. The summed E-state index contributed by atoms with van der Waals surface area (Å²) in [6.45, 7) is 18.0. The van der Waals surface area contributed by atoms with Crippen LogP contribution in [0.15, 0.2) is 78.8 Å². The van der Waals surface area contributed by atoms with Crippen molar-refractivity contribution in [2.45, 2.75) is 104 Å². The Kier molecular flexibility index (Phi) is 18.8. The van der Waals surface area contributed by atoms with Crippen LogP contribution in [0, 0.1) is 35.4 Å². The monoisotopic (exact) mass is 1160 g/mol. The van der Waals surface area contributed by atoms with Crippen molar-refractivity contribution >= 4 is 74.1 Å². The predicted molar refractivity (Wildman–Crippen MR) is 315 cm³/mol. The Bertz CT molecular complexity index is 3380. The minimum absolute atomic E-state index is 0.00433. The Hall–Kier alpha value is -7.15. The molecule has 0 bridgehead atoms. The number of aromatic nitrogens is 4. The summed E-state index contributed by atoms with van der Waals surface area (Å²) in [4.78, 5) is 81.3. The number of β-amino-alcohol motifs (C(OH)–C–C–N with tert-alkyl or cyclic N) is 1. The zero-order valence-electron chi connectivity index (χ0n) is 47.3. The third-order valence-corrected chi connectivity index (χ3v) is 17.1. The molecule has 3 aromatic carbocycles. The minimum Gasteiger partial charge on any atom is -0.462 e. The number of piperidine rings is 1. The molecule has 21 heteroatoms. The number of halogens is 2. The van der Waals surface area contributed by atoms with Gasteiger partial charge in [-0.05, 0) is 92.3 Å². The molecule has 3 N–H and O–H groups in total. The zero-order chi connectivity index (χ0) is 58.4. The van der Waals surface area contributed by atoms with Crippen molar-refractivity contribution < 1.29 is 38.1 Å². The van der Waals surface area contributed by atoms with E-state index in [1.54, 1.807) is 22.3 Å². The van der Waals surface area contributed by atoms with Crippen LogP contribution in [0.1, 0.15) is 83.3 Å². The quantitative estimate of drug-likeness (QED) is 0.0651. The van der Waals surface area contributed by atoms with E-state index in [0.717, 1.165) is 64.1 Å². The lowest BCUT2D eigenvalue weighted by atomic mass is 9.85. The lowest BCUT2D eigenvalue weighted by Gasteiger charge is -2.41. The maximum absolute atomic E-state index is 17.4. The molecule has 0 saturated carbocycles. The molecule has 18 nitrogen and oxygen atoms in total. The van der Waals surface area contributed by atoms with Crippen molar-refractivity contribution in [1.29, 1.82) is 5.26 Å². The summed E-state index contributed by atoms with van der Waals surface area (Å²) in [6.07, 6.45) is 2.67. The molecule has 9 rings (SSSR count). The number of aryl methyl sites for hydroxylation is 2. The van der Waals surface area contributed by atoms with E-state index in [1.807, 2.05) is 107 Å². The van der Waals surface area contributed by atoms with Gasteiger partial charge in [-0.25, -0.2) is 9.37 Å². The largest absolute Gasteiger partial charge is 0.462 e. The molecule has 3 aliphatic heterocycles. The number of anilines is 1. The Morgan fingerprint density at radius 3 is 2.45 bits per heavy atom. The van der Waals surface area contributed by atoms with Crippen LogP contribution >= 0.6 is 22.9 Å². The molecule has 82 heavy (non-hydrogen) atoms. The number of pyridine rings is 1. The van der Waals surface area contributed by atoms with Gasteiger partial charge in [0, 0.05) is 55.6 Å². The molecule has 6 heterocycles. The number of rotatable bonds is 19. The van der Waals surface area contributed by atoms with Gasteiger partial charge in [0.2, 0.25) is 23.6 Å². The Balaban J connectivity index is 0.801. The number of nitriles is 1. The van der Waals surface area contributed by atoms with E-state index < -0.39 is 47.3 Å². The molecule has 3 saturated heterocycles. The summed E-state index contributed by atoms with van der Waals surface area (Å²) in [7, 11) is 0. The summed E-state index contributed by atoms with van der Waals surface area (Å²) in [5.41, 5.74) is 5.23. The van der Waals surface area contributed by atoms with Gasteiger partial charge in [0.25, 0.3) is 0 Å². The number of hydrogen-bond acceptors (Lipinski definition) is 15. The number of aliphatic hydroxyl groups excluding tert-OH is 1. The van der Waals surface area contributed by atoms with E-state index in [0.29, 0.717) is 43.0 Å². The molecular weight excluding hydrogens is 1090 g/mol. The second kappa shape index (κ2) is 26.0. The van der Waals surface area contributed by atoms with E-state index in [2.05, 4.69) is 38.1 Å². The number of ether oxygens (including phenoxy) is 2. The van der Waals surface area contributed by atoms with Crippen molar-refractivity contribution in [3.63, 3.8) is 0 Å². The van der Waals surface area contributed by atoms with E-state index in [1.165, 1.54) is 11.0 Å². The van der Waals surface area contributed by atoms with Crippen LogP contribution in [0.2, 0.25) is 5.02 Å². The van der Waals surface area contributed by atoms with E-state index in [4.69, 9.17) is 31.0 Å². The van der Waals surface area contributed by atoms with Crippen LogP contribution in [0.25, 0.3) is 43.4 Å². The highest BCUT2D eigenvalue weighted by atomic mass is 35.5. The third-order valence-electron chi connectivity index (χ3n) is 15.8. The summed E-state index contributed by atoms with van der Waals surface area (Å²) < 4.78 is 29.6. The number of carbonyl (C=O) groups excluding carboxylic acids is 4. The first-order chi connectivity index (χ1) is 39.3. The smallest absolute Gasteiger partial charge is 0.319 e. The first kappa shape index (κ1) is 59.5. The van der Waals surface area contributed by atoms with Gasteiger partial charge in [0.1, 0.15) is 36.6 Å². The van der Waals surface area contributed by atoms with Crippen LogP contribution in [0.5, 0.6) is 6.01 Å². The van der Waals surface area contributed by atoms with E-state index >= 15 is 4.39 Å². The number of piperazine rings is 1. The molecule has 432 valence electrons. The van der Waals surface area contributed by atoms with Crippen LogP contribution in [0.4, 0.5) is 10.2 Å². The number of thiazole rings is 1. The molecule has 3 fully saturated rings. The molecule has 0 spiro atoms. The minimum atomic E-state index is -0.996. The number of hydrogen-bond donors (Lipinski definition) is 3. The average Bonchev–Trinajstić information content (AvgIpc) is 4.24. The summed E-state index contributed by atoms with van der Waals surface area (Å²) in [6, 6.07) is 18.6. The number of benzene rings is 3. The Morgan fingerprint density at radius 1 is 1.00 bits per heavy atom. The van der Waals surface area contributed by atoms with Crippen molar-refractivity contribution in [1.82, 2.24) is 45.3 Å². The van der Waals surface area contributed by atoms with Crippen LogP contribution < -0.4 is 20.3 Å². The molecule has 0 unspecified atom stereocenters. The van der Waals surface area contributed by atoms with Crippen LogP contribution in [-0.4, -0.2) is 153 Å². The van der Waals surface area contributed by atoms with E-state index in [-0.39, 0.29) is 91.6 Å². The number of carbonyl (C=O) groups is 4. The highest BCUT2D eigenvalue weighted by molar-refractivity contribution is 7.13. The predicted octanol–water partition coefficient (Wildman–Crippen LogP) is 8.23. The van der Waals surface area contributed by atoms with Gasteiger partial charge in [-0.2, -0.15) is 15.2 Å². The number of likely N-dealkylation sites (tertiary alicyclic amines) is 2.